The number of aromatic amines is 1. The molecule has 0 radical (unpaired) electrons. The van der Waals surface area contributed by atoms with Crippen LogP contribution in [0, 0.1) is 5.92 Å². The van der Waals surface area contributed by atoms with Crippen molar-refractivity contribution in [3.05, 3.63) is 96.0 Å². The molecule has 1 N–H and O–H groups in total. The van der Waals surface area contributed by atoms with E-state index in [0.29, 0.717) is 30.7 Å². The molecule has 0 bridgehead atoms. The molecule has 6 rings (SSSR count). The first kappa shape index (κ1) is 21.0. The van der Waals surface area contributed by atoms with Gasteiger partial charge in [-0.2, -0.15) is 0 Å². The molecule has 35 heavy (non-hydrogen) atoms. The molecule has 2 aromatic carbocycles. The van der Waals surface area contributed by atoms with Gasteiger partial charge in [0.05, 0.1) is 5.52 Å². The van der Waals surface area contributed by atoms with E-state index in [1.807, 2.05) is 65.8 Å². The van der Waals surface area contributed by atoms with Crippen molar-refractivity contribution in [2.45, 2.75) is 0 Å². The molecule has 1 saturated heterocycles. The van der Waals surface area contributed by atoms with Gasteiger partial charge in [-0.3, -0.25) is 19.7 Å². The van der Waals surface area contributed by atoms with E-state index in [4.69, 9.17) is 0 Å². The van der Waals surface area contributed by atoms with Crippen molar-refractivity contribution in [3.8, 4) is 11.1 Å². The molecule has 172 valence electrons. The normalized spacial score (nSPS) is 17.3. The van der Waals surface area contributed by atoms with Crippen LogP contribution in [0.2, 0.25) is 0 Å². The number of benzene rings is 2. The lowest BCUT2D eigenvalue weighted by Gasteiger charge is -2.19. The Morgan fingerprint density at radius 3 is 2.71 bits per heavy atom. The van der Waals surface area contributed by atoms with Crippen LogP contribution in [0.3, 0.4) is 0 Å². The van der Waals surface area contributed by atoms with Gasteiger partial charge < -0.3 is 9.80 Å². The molecule has 2 aromatic heterocycles. The van der Waals surface area contributed by atoms with Gasteiger partial charge in [-0.15, -0.1) is 5.10 Å². The van der Waals surface area contributed by atoms with Crippen LogP contribution in [0.4, 0.5) is 0 Å². The number of carbonyl (C=O) groups excluding carboxylic acids is 2. The van der Waals surface area contributed by atoms with E-state index >= 15 is 0 Å². The van der Waals surface area contributed by atoms with Crippen LogP contribution in [-0.2, 0) is 4.79 Å². The summed E-state index contributed by atoms with van der Waals surface area (Å²) < 4.78 is 0. The number of fused-ring (bicyclic) bond motifs is 2. The maximum absolute atomic E-state index is 13.0. The number of H-pyrrole nitrogens is 1. The summed E-state index contributed by atoms with van der Waals surface area (Å²) in [5.41, 5.74) is 6.26. The molecule has 2 aliphatic rings. The maximum atomic E-state index is 13.0. The van der Waals surface area contributed by atoms with Gasteiger partial charge in [-0.25, -0.2) is 0 Å². The quantitative estimate of drug-likeness (QED) is 0.468. The average molecular weight is 463 g/mol. The molecule has 1 atom stereocenters. The number of aromatic nitrogens is 4. The van der Waals surface area contributed by atoms with Gasteiger partial charge in [-0.05, 0) is 52.6 Å². The standard InChI is InChI=1S/C27H22N6O2/c34-26(10-5-18-3-6-19(7-4-18)21-2-1-11-28-13-21)32-14-22-16-33(17-23(22)15-32)27(35)20-8-9-24-25(12-20)30-31-29-24/h1-13,16,23H,14-15,17H2,(H,29,30,31)/b10-5+/t23-/m1/s1. The van der Waals surface area contributed by atoms with Crippen LogP contribution in [0.15, 0.2) is 84.8 Å². The molecule has 2 amide bonds. The van der Waals surface area contributed by atoms with Crippen molar-refractivity contribution < 1.29 is 9.59 Å². The summed E-state index contributed by atoms with van der Waals surface area (Å²) in [7, 11) is 0. The van der Waals surface area contributed by atoms with Gasteiger partial charge in [0.15, 0.2) is 0 Å². The summed E-state index contributed by atoms with van der Waals surface area (Å²) in [4.78, 5) is 33.5. The average Bonchev–Trinajstić information content (AvgIpc) is 3.62. The van der Waals surface area contributed by atoms with E-state index in [2.05, 4.69) is 20.4 Å². The molecule has 1 fully saturated rings. The topological polar surface area (TPSA) is 95.1 Å². The first-order valence-corrected chi connectivity index (χ1v) is 11.4. The van der Waals surface area contributed by atoms with Gasteiger partial charge >= 0.3 is 0 Å². The fraction of sp³-hybridized carbons (Fsp3) is 0.148. The summed E-state index contributed by atoms with van der Waals surface area (Å²) in [6.45, 7) is 1.73. The summed E-state index contributed by atoms with van der Waals surface area (Å²) in [5, 5.41) is 10.5. The number of amides is 2. The molecule has 0 saturated carbocycles. The smallest absolute Gasteiger partial charge is 0.257 e. The number of likely N-dealkylation sites (tertiary alicyclic amines) is 1. The van der Waals surface area contributed by atoms with Crippen LogP contribution in [0.5, 0.6) is 0 Å². The first-order chi connectivity index (χ1) is 17.1. The predicted octanol–water partition coefficient (Wildman–Crippen LogP) is 3.53. The predicted molar refractivity (Wildman–Crippen MR) is 132 cm³/mol. The summed E-state index contributed by atoms with van der Waals surface area (Å²) >= 11 is 0. The van der Waals surface area contributed by atoms with E-state index < -0.39 is 0 Å². The largest absolute Gasteiger partial charge is 0.334 e. The zero-order chi connectivity index (χ0) is 23.8. The van der Waals surface area contributed by atoms with Crippen LogP contribution in [0.25, 0.3) is 28.2 Å². The third kappa shape index (κ3) is 4.10. The second kappa shape index (κ2) is 8.64. The Hall–Kier alpha value is -4.59. The molecular weight excluding hydrogens is 440 g/mol. The number of nitrogens with one attached hydrogen (secondary N) is 1. The fourth-order valence-electron chi connectivity index (χ4n) is 4.65. The van der Waals surface area contributed by atoms with Crippen LogP contribution >= 0.6 is 0 Å². The third-order valence-corrected chi connectivity index (χ3v) is 6.55. The van der Waals surface area contributed by atoms with E-state index in [0.717, 1.165) is 27.8 Å². The van der Waals surface area contributed by atoms with E-state index in [9.17, 15) is 9.59 Å². The number of carbonyl (C=O) groups is 2. The maximum Gasteiger partial charge on any atom is 0.257 e. The van der Waals surface area contributed by atoms with Crippen molar-refractivity contribution in [1.29, 1.82) is 0 Å². The monoisotopic (exact) mass is 462 g/mol. The molecular formula is C27H22N6O2. The van der Waals surface area contributed by atoms with Gasteiger partial charge in [0.1, 0.15) is 5.52 Å². The summed E-state index contributed by atoms with van der Waals surface area (Å²) in [6.07, 6.45) is 8.94. The zero-order valence-electron chi connectivity index (χ0n) is 18.8. The first-order valence-electron chi connectivity index (χ1n) is 11.4. The number of nitrogens with zero attached hydrogens (tertiary/aromatic N) is 5. The Balaban J connectivity index is 1.08. The van der Waals surface area contributed by atoms with Crippen molar-refractivity contribution in [2.75, 3.05) is 19.6 Å². The number of hydrogen-bond acceptors (Lipinski definition) is 5. The van der Waals surface area contributed by atoms with E-state index in [1.165, 1.54) is 0 Å². The summed E-state index contributed by atoms with van der Waals surface area (Å²) in [5.74, 6) is 0.0844. The minimum atomic E-state index is -0.0655. The third-order valence-electron chi connectivity index (χ3n) is 6.55. The van der Waals surface area contributed by atoms with E-state index in [1.54, 1.807) is 29.3 Å². The highest BCUT2D eigenvalue weighted by molar-refractivity contribution is 5.98. The zero-order valence-corrected chi connectivity index (χ0v) is 18.8. The van der Waals surface area contributed by atoms with Gasteiger partial charge in [0, 0.05) is 55.8 Å². The van der Waals surface area contributed by atoms with Crippen molar-refractivity contribution in [2.24, 2.45) is 5.92 Å². The summed E-state index contributed by atoms with van der Waals surface area (Å²) in [6, 6.07) is 17.3. The van der Waals surface area contributed by atoms with Crippen molar-refractivity contribution >= 4 is 28.9 Å². The van der Waals surface area contributed by atoms with Gasteiger partial charge in [-0.1, -0.05) is 35.5 Å². The lowest BCUT2D eigenvalue weighted by Crippen LogP contribution is -2.32. The molecule has 8 heteroatoms. The van der Waals surface area contributed by atoms with E-state index in [-0.39, 0.29) is 17.7 Å². The molecule has 0 aliphatic carbocycles. The SMILES string of the molecule is O=C(c1ccc2[nH]nnc2c1)N1C=C2CN(C(=O)/C=C/c3ccc(-c4cccnc4)cc3)C[C@@H]2C1. The molecule has 4 heterocycles. The number of pyridine rings is 1. The van der Waals surface area contributed by atoms with Crippen LogP contribution in [0.1, 0.15) is 15.9 Å². The molecule has 4 aromatic rings. The molecule has 0 spiro atoms. The number of rotatable bonds is 4. The highest BCUT2D eigenvalue weighted by atomic mass is 16.2. The minimum Gasteiger partial charge on any atom is -0.334 e. The highest BCUT2D eigenvalue weighted by Gasteiger charge is 2.36. The Morgan fingerprint density at radius 2 is 1.91 bits per heavy atom. The second-order valence-electron chi connectivity index (χ2n) is 8.82. The lowest BCUT2D eigenvalue weighted by molar-refractivity contribution is -0.125. The second-order valence-corrected chi connectivity index (χ2v) is 8.82. The number of hydrogen-bond donors (Lipinski definition) is 1. The fourth-order valence-corrected chi connectivity index (χ4v) is 4.65. The van der Waals surface area contributed by atoms with Crippen LogP contribution < -0.4 is 0 Å². The Morgan fingerprint density at radius 1 is 1.03 bits per heavy atom. The molecule has 2 aliphatic heterocycles. The Bertz CT molecular complexity index is 1470. The van der Waals surface area contributed by atoms with Crippen LogP contribution in [-0.4, -0.2) is 61.6 Å². The Kier molecular flexibility index (Phi) is 5.18. The van der Waals surface area contributed by atoms with Gasteiger partial charge in [0.25, 0.3) is 5.91 Å². The van der Waals surface area contributed by atoms with Crippen molar-refractivity contribution in [1.82, 2.24) is 30.2 Å². The molecule has 0 unspecified atom stereocenters. The lowest BCUT2D eigenvalue weighted by atomic mass is 10.1. The van der Waals surface area contributed by atoms with Crippen molar-refractivity contribution in [3.63, 3.8) is 0 Å². The minimum absolute atomic E-state index is 0.0222. The highest BCUT2D eigenvalue weighted by Crippen LogP contribution is 2.31. The van der Waals surface area contributed by atoms with Gasteiger partial charge in [0.2, 0.25) is 5.91 Å². The molecule has 8 nitrogen and oxygen atoms in total. The Labute approximate surface area is 201 Å².